The molecule has 0 aliphatic carbocycles. The smallest absolute Gasteiger partial charge is 0.123 e. The van der Waals surface area contributed by atoms with Crippen LogP contribution in [0.5, 0.6) is 0 Å². The fourth-order valence-electron chi connectivity index (χ4n) is 2.79. The summed E-state index contributed by atoms with van der Waals surface area (Å²) in [6.07, 6.45) is 1.86. The first-order valence-corrected chi connectivity index (χ1v) is 7.59. The number of benzene rings is 2. The van der Waals surface area contributed by atoms with Crippen molar-refractivity contribution in [2.75, 3.05) is 0 Å². The van der Waals surface area contributed by atoms with Gasteiger partial charge in [-0.15, -0.1) is 0 Å². The molecule has 112 valence electrons. The van der Waals surface area contributed by atoms with E-state index < -0.39 is 0 Å². The van der Waals surface area contributed by atoms with Gasteiger partial charge >= 0.3 is 0 Å². The predicted octanol–water partition coefficient (Wildman–Crippen LogP) is 4.29. The number of nitrogens with one attached hydrogen (secondary N) is 1. The lowest BCUT2D eigenvalue weighted by Gasteiger charge is -2.21. The van der Waals surface area contributed by atoms with Gasteiger partial charge in [0.25, 0.3) is 0 Å². The minimum absolute atomic E-state index is 0.160. The van der Waals surface area contributed by atoms with Crippen LogP contribution >= 0.6 is 0 Å². The molecule has 2 atom stereocenters. The van der Waals surface area contributed by atoms with E-state index in [1.165, 1.54) is 17.2 Å². The molecule has 21 heavy (non-hydrogen) atoms. The molecule has 2 heteroatoms. The summed E-state index contributed by atoms with van der Waals surface area (Å²) in [7, 11) is 0. The molecule has 2 aromatic carbocycles. The Kier molecular flexibility index (Phi) is 5.51. The molecule has 0 aliphatic heterocycles. The molecule has 2 rings (SSSR count). The summed E-state index contributed by atoms with van der Waals surface area (Å²) >= 11 is 0. The summed E-state index contributed by atoms with van der Waals surface area (Å²) in [5.74, 6) is -0.160. The minimum atomic E-state index is -0.160. The number of aryl methyl sites for hydroxylation is 1. The zero-order valence-electron chi connectivity index (χ0n) is 13.1. The predicted molar refractivity (Wildman–Crippen MR) is 87.0 cm³/mol. The molecule has 1 nitrogen and oxygen atoms in total. The topological polar surface area (TPSA) is 12.0 Å². The van der Waals surface area contributed by atoms with E-state index in [-0.39, 0.29) is 5.82 Å². The van der Waals surface area contributed by atoms with Gasteiger partial charge in [-0.05, 0) is 62.4 Å². The number of rotatable bonds is 6. The van der Waals surface area contributed by atoms with Gasteiger partial charge in [-0.1, -0.05) is 36.4 Å². The van der Waals surface area contributed by atoms with Gasteiger partial charge in [0.15, 0.2) is 0 Å². The summed E-state index contributed by atoms with van der Waals surface area (Å²) < 4.78 is 13.2. The molecule has 0 spiro atoms. The highest BCUT2D eigenvalue weighted by Gasteiger charge is 2.10. The Morgan fingerprint density at radius 3 is 2.38 bits per heavy atom. The van der Waals surface area contributed by atoms with Crippen LogP contribution in [0.25, 0.3) is 0 Å². The van der Waals surface area contributed by atoms with Crippen LogP contribution in [0.2, 0.25) is 0 Å². The zero-order valence-corrected chi connectivity index (χ0v) is 13.1. The van der Waals surface area contributed by atoms with Crippen LogP contribution in [0.3, 0.4) is 0 Å². The van der Waals surface area contributed by atoms with E-state index in [2.05, 4.69) is 50.4 Å². The van der Waals surface area contributed by atoms with Gasteiger partial charge in [-0.25, -0.2) is 4.39 Å². The third kappa shape index (κ3) is 4.98. The second-order valence-electron chi connectivity index (χ2n) is 5.93. The molecule has 0 heterocycles. The second-order valence-corrected chi connectivity index (χ2v) is 5.93. The molecule has 2 aromatic rings. The zero-order chi connectivity index (χ0) is 15.2. The molecule has 0 bridgehead atoms. The van der Waals surface area contributed by atoms with Crippen molar-refractivity contribution in [3.05, 3.63) is 71.0 Å². The lowest BCUT2D eigenvalue weighted by atomic mass is 10.0. The van der Waals surface area contributed by atoms with E-state index in [1.807, 2.05) is 6.07 Å². The maximum Gasteiger partial charge on any atom is 0.123 e. The van der Waals surface area contributed by atoms with Crippen LogP contribution in [0.15, 0.2) is 48.5 Å². The Bertz CT molecular complexity index is 579. The Morgan fingerprint density at radius 2 is 1.67 bits per heavy atom. The van der Waals surface area contributed by atoms with Crippen molar-refractivity contribution in [1.29, 1.82) is 0 Å². The van der Waals surface area contributed by atoms with E-state index in [1.54, 1.807) is 12.1 Å². The van der Waals surface area contributed by atoms with Crippen LogP contribution in [-0.4, -0.2) is 12.1 Å². The quantitative estimate of drug-likeness (QED) is 0.835. The van der Waals surface area contributed by atoms with Crippen LogP contribution < -0.4 is 5.32 Å². The lowest BCUT2D eigenvalue weighted by molar-refractivity contribution is 0.461. The molecule has 0 saturated heterocycles. The highest BCUT2D eigenvalue weighted by molar-refractivity contribution is 5.26. The lowest BCUT2D eigenvalue weighted by Crippen LogP contribution is -2.37. The molecule has 0 saturated carbocycles. The van der Waals surface area contributed by atoms with Gasteiger partial charge in [-0.2, -0.15) is 0 Å². The molecule has 0 aliphatic rings. The highest BCUT2D eigenvalue weighted by Crippen LogP contribution is 2.11. The van der Waals surface area contributed by atoms with Crippen molar-refractivity contribution in [1.82, 2.24) is 5.32 Å². The Hall–Kier alpha value is -1.67. The Labute approximate surface area is 127 Å². The molecule has 0 radical (unpaired) electrons. The molecule has 1 N–H and O–H groups in total. The van der Waals surface area contributed by atoms with E-state index in [0.717, 1.165) is 18.4 Å². The molecule has 0 fully saturated rings. The maximum atomic E-state index is 13.2. The van der Waals surface area contributed by atoms with Crippen molar-refractivity contribution in [3.63, 3.8) is 0 Å². The second kappa shape index (κ2) is 7.37. The fraction of sp³-hybridized carbons (Fsp3) is 0.368. The van der Waals surface area contributed by atoms with Crippen molar-refractivity contribution < 1.29 is 4.39 Å². The van der Waals surface area contributed by atoms with Gasteiger partial charge in [0.2, 0.25) is 0 Å². The molecule has 0 aromatic heterocycles. The van der Waals surface area contributed by atoms with E-state index >= 15 is 0 Å². The molecule has 0 amide bonds. The SMILES string of the molecule is Cc1ccccc1CC(C)NC(C)Cc1cccc(F)c1. The van der Waals surface area contributed by atoms with Crippen molar-refractivity contribution in [3.8, 4) is 0 Å². The number of hydrogen-bond acceptors (Lipinski definition) is 1. The average molecular weight is 285 g/mol. The summed E-state index contributed by atoms with van der Waals surface area (Å²) in [6, 6.07) is 16.1. The molecular weight excluding hydrogens is 261 g/mol. The first-order chi connectivity index (χ1) is 10.0. The molecule has 2 unspecified atom stereocenters. The van der Waals surface area contributed by atoms with Gasteiger partial charge in [0, 0.05) is 12.1 Å². The van der Waals surface area contributed by atoms with Crippen LogP contribution in [0.4, 0.5) is 4.39 Å². The van der Waals surface area contributed by atoms with Gasteiger partial charge in [0.1, 0.15) is 5.82 Å². The standard InChI is InChI=1S/C19H24FN/c1-14-7-4-5-9-18(14)12-16(3)21-15(2)11-17-8-6-10-19(20)13-17/h4-10,13,15-16,21H,11-12H2,1-3H3. The minimum Gasteiger partial charge on any atom is -0.311 e. The Morgan fingerprint density at radius 1 is 0.952 bits per heavy atom. The summed E-state index contributed by atoms with van der Waals surface area (Å²) in [5, 5.41) is 3.60. The van der Waals surface area contributed by atoms with Crippen molar-refractivity contribution in [2.45, 2.75) is 45.7 Å². The average Bonchev–Trinajstić information content (AvgIpc) is 2.41. The van der Waals surface area contributed by atoms with Crippen molar-refractivity contribution >= 4 is 0 Å². The number of halogens is 1. The van der Waals surface area contributed by atoms with E-state index in [9.17, 15) is 4.39 Å². The first kappa shape index (κ1) is 15.7. The van der Waals surface area contributed by atoms with Crippen LogP contribution in [0, 0.1) is 12.7 Å². The largest absolute Gasteiger partial charge is 0.311 e. The number of hydrogen-bond donors (Lipinski definition) is 1. The van der Waals surface area contributed by atoms with Gasteiger partial charge in [-0.3, -0.25) is 0 Å². The van der Waals surface area contributed by atoms with Crippen LogP contribution in [0.1, 0.15) is 30.5 Å². The van der Waals surface area contributed by atoms with Crippen molar-refractivity contribution in [2.24, 2.45) is 0 Å². The van der Waals surface area contributed by atoms with Gasteiger partial charge in [0.05, 0.1) is 0 Å². The summed E-state index contributed by atoms with van der Waals surface area (Å²) in [5.41, 5.74) is 3.76. The summed E-state index contributed by atoms with van der Waals surface area (Å²) in [4.78, 5) is 0. The third-order valence-electron chi connectivity index (χ3n) is 3.79. The maximum absolute atomic E-state index is 13.2. The monoisotopic (exact) mass is 285 g/mol. The Balaban J connectivity index is 1.87. The van der Waals surface area contributed by atoms with Crippen LogP contribution in [-0.2, 0) is 12.8 Å². The first-order valence-electron chi connectivity index (χ1n) is 7.59. The summed E-state index contributed by atoms with van der Waals surface area (Å²) in [6.45, 7) is 6.51. The fourth-order valence-corrected chi connectivity index (χ4v) is 2.79. The highest BCUT2D eigenvalue weighted by atomic mass is 19.1. The van der Waals surface area contributed by atoms with E-state index in [4.69, 9.17) is 0 Å². The van der Waals surface area contributed by atoms with E-state index in [0.29, 0.717) is 12.1 Å². The normalized spacial score (nSPS) is 13.9. The van der Waals surface area contributed by atoms with Gasteiger partial charge < -0.3 is 5.32 Å². The molecular formula is C19H24FN. The third-order valence-corrected chi connectivity index (χ3v) is 3.79.